The van der Waals surface area contributed by atoms with Crippen molar-refractivity contribution in [2.45, 2.75) is 12.5 Å². The van der Waals surface area contributed by atoms with Gasteiger partial charge in [-0.25, -0.2) is 4.79 Å². The number of hydrogen-bond donors (Lipinski definition) is 2. The van der Waals surface area contributed by atoms with Crippen LogP contribution in [0.4, 0.5) is 10.5 Å². The first kappa shape index (κ1) is 17.8. The number of urea groups is 1. The zero-order valence-corrected chi connectivity index (χ0v) is 14.8. The van der Waals surface area contributed by atoms with E-state index >= 15 is 0 Å². The maximum Gasteiger partial charge on any atom is 0.325 e. The van der Waals surface area contributed by atoms with Gasteiger partial charge in [0, 0.05) is 5.69 Å². The summed E-state index contributed by atoms with van der Waals surface area (Å²) in [6, 6.07) is 7.24. The van der Waals surface area contributed by atoms with Gasteiger partial charge in [0.1, 0.15) is 18.1 Å². The molecule has 2 heterocycles. The maximum atomic E-state index is 12.6. The lowest BCUT2D eigenvalue weighted by Gasteiger charge is -2.18. The Morgan fingerprint density at radius 3 is 2.77 bits per heavy atom. The molecule has 0 aliphatic carbocycles. The van der Waals surface area contributed by atoms with Gasteiger partial charge in [0.25, 0.3) is 5.91 Å². The van der Waals surface area contributed by atoms with Crippen molar-refractivity contribution in [1.29, 1.82) is 0 Å². The van der Waals surface area contributed by atoms with Crippen LogP contribution in [-0.4, -0.2) is 36.4 Å². The van der Waals surface area contributed by atoms with E-state index < -0.39 is 29.9 Å². The van der Waals surface area contributed by atoms with Crippen molar-refractivity contribution in [3.8, 4) is 5.75 Å². The Morgan fingerprint density at radius 2 is 2.15 bits per heavy atom. The number of amides is 4. The molecule has 0 bridgehead atoms. The summed E-state index contributed by atoms with van der Waals surface area (Å²) in [6.07, 6.45) is 1.41. The van der Waals surface area contributed by atoms with E-state index in [1.807, 2.05) is 0 Å². The fourth-order valence-electron chi connectivity index (χ4n) is 2.66. The van der Waals surface area contributed by atoms with Crippen molar-refractivity contribution < 1.29 is 23.5 Å². The molecule has 1 atom stereocenters. The number of carbonyl (C=O) groups is 3. The number of furan rings is 1. The summed E-state index contributed by atoms with van der Waals surface area (Å²) < 4.78 is 10.3. The lowest BCUT2D eigenvalue weighted by atomic mass is 9.99. The Kier molecular flexibility index (Phi) is 4.60. The smallest absolute Gasteiger partial charge is 0.325 e. The number of halogens is 1. The third kappa shape index (κ3) is 3.11. The molecule has 1 aliphatic heterocycles. The number of anilines is 1. The van der Waals surface area contributed by atoms with Crippen LogP contribution in [0.1, 0.15) is 12.7 Å². The molecule has 2 aromatic rings. The summed E-state index contributed by atoms with van der Waals surface area (Å²) in [7, 11) is 1.48. The first-order valence-corrected chi connectivity index (χ1v) is 8.04. The van der Waals surface area contributed by atoms with Crippen LogP contribution in [0.5, 0.6) is 5.75 Å². The molecule has 4 amide bonds. The molecule has 0 radical (unpaired) electrons. The second kappa shape index (κ2) is 6.72. The van der Waals surface area contributed by atoms with E-state index in [0.29, 0.717) is 22.2 Å². The average molecular weight is 378 g/mol. The summed E-state index contributed by atoms with van der Waals surface area (Å²) >= 11 is 6.01. The molecule has 2 N–H and O–H groups in total. The summed E-state index contributed by atoms with van der Waals surface area (Å²) in [5.74, 6) is -0.354. The van der Waals surface area contributed by atoms with Crippen LogP contribution in [0.2, 0.25) is 5.02 Å². The normalized spacial score (nSPS) is 19.4. The van der Waals surface area contributed by atoms with Gasteiger partial charge in [0.2, 0.25) is 5.91 Å². The lowest BCUT2D eigenvalue weighted by Crippen LogP contribution is -2.41. The van der Waals surface area contributed by atoms with E-state index in [2.05, 4.69) is 10.6 Å². The molecule has 0 saturated carbocycles. The highest BCUT2D eigenvalue weighted by Gasteiger charge is 2.51. The third-order valence-electron chi connectivity index (χ3n) is 4.03. The number of benzene rings is 1. The molecular formula is C17H16ClN3O5. The molecule has 1 aliphatic rings. The van der Waals surface area contributed by atoms with Crippen LogP contribution < -0.4 is 15.4 Å². The monoisotopic (exact) mass is 377 g/mol. The molecule has 3 rings (SSSR count). The number of carbonyl (C=O) groups excluding carboxylic acids is 3. The predicted molar refractivity (Wildman–Crippen MR) is 92.9 cm³/mol. The second-order valence-electron chi connectivity index (χ2n) is 5.82. The standard InChI is InChI=1S/C17H16ClN3O5/c1-17(13-4-3-7-26-13)15(23)21(16(24)20-17)9-14(22)19-10-5-6-12(25-2)11(18)8-10/h3-8H,9H2,1-2H3,(H,19,22)(H,20,24)/t17-/m1/s1. The molecule has 26 heavy (non-hydrogen) atoms. The Bertz CT molecular complexity index is 867. The number of imide groups is 1. The van der Waals surface area contributed by atoms with Crippen molar-refractivity contribution in [2.75, 3.05) is 19.0 Å². The van der Waals surface area contributed by atoms with Crippen molar-refractivity contribution in [2.24, 2.45) is 0 Å². The molecule has 1 fully saturated rings. The van der Waals surface area contributed by atoms with Gasteiger partial charge < -0.3 is 19.8 Å². The van der Waals surface area contributed by atoms with Gasteiger partial charge in [0.05, 0.1) is 18.4 Å². The van der Waals surface area contributed by atoms with Crippen LogP contribution >= 0.6 is 11.6 Å². The first-order chi connectivity index (χ1) is 12.3. The van der Waals surface area contributed by atoms with Gasteiger partial charge in [0.15, 0.2) is 5.54 Å². The van der Waals surface area contributed by atoms with Gasteiger partial charge >= 0.3 is 6.03 Å². The highest BCUT2D eigenvalue weighted by atomic mass is 35.5. The van der Waals surface area contributed by atoms with E-state index in [4.69, 9.17) is 20.8 Å². The van der Waals surface area contributed by atoms with E-state index in [9.17, 15) is 14.4 Å². The Morgan fingerprint density at radius 1 is 1.38 bits per heavy atom. The van der Waals surface area contributed by atoms with Crippen molar-refractivity contribution >= 4 is 35.1 Å². The van der Waals surface area contributed by atoms with Crippen LogP contribution in [-0.2, 0) is 15.1 Å². The first-order valence-electron chi connectivity index (χ1n) is 7.66. The molecule has 136 valence electrons. The highest BCUT2D eigenvalue weighted by molar-refractivity contribution is 6.32. The highest BCUT2D eigenvalue weighted by Crippen LogP contribution is 2.29. The molecule has 0 spiro atoms. The average Bonchev–Trinajstić information content (AvgIpc) is 3.20. The molecule has 1 aromatic heterocycles. The van der Waals surface area contributed by atoms with Crippen molar-refractivity contribution in [3.63, 3.8) is 0 Å². The summed E-state index contributed by atoms with van der Waals surface area (Å²) in [4.78, 5) is 37.9. The SMILES string of the molecule is COc1ccc(NC(=O)CN2C(=O)N[C@](C)(c3ccco3)C2=O)cc1Cl. The van der Waals surface area contributed by atoms with Crippen molar-refractivity contribution in [3.05, 3.63) is 47.4 Å². The fraction of sp³-hybridized carbons (Fsp3) is 0.235. The minimum absolute atomic E-state index is 0.292. The quantitative estimate of drug-likeness (QED) is 0.779. The molecule has 1 aromatic carbocycles. The van der Waals surface area contributed by atoms with Crippen LogP contribution in [0.25, 0.3) is 0 Å². The van der Waals surface area contributed by atoms with E-state index in [1.165, 1.54) is 26.4 Å². The number of nitrogens with zero attached hydrogens (tertiary/aromatic N) is 1. The van der Waals surface area contributed by atoms with Gasteiger partial charge in [-0.2, -0.15) is 0 Å². The number of methoxy groups -OCH3 is 1. The van der Waals surface area contributed by atoms with Gasteiger partial charge in [-0.1, -0.05) is 11.6 Å². The molecule has 0 unspecified atom stereocenters. The number of rotatable bonds is 5. The number of hydrogen-bond acceptors (Lipinski definition) is 5. The molecule has 9 heteroatoms. The van der Waals surface area contributed by atoms with Crippen molar-refractivity contribution in [1.82, 2.24) is 10.2 Å². The Hall–Kier alpha value is -3.00. The topological polar surface area (TPSA) is 101 Å². The third-order valence-corrected chi connectivity index (χ3v) is 4.32. The largest absolute Gasteiger partial charge is 0.495 e. The van der Waals surface area contributed by atoms with Gasteiger partial charge in [-0.05, 0) is 37.3 Å². The Labute approximate surface area is 154 Å². The number of nitrogens with one attached hydrogen (secondary N) is 2. The van der Waals surface area contributed by atoms with Crippen LogP contribution in [0.15, 0.2) is 41.0 Å². The van der Waals surface area contributed by atoms with Gasteiger partial charge in [-0.3, -0.25) is 14.5 Å². The molecule has 8 nitrogen and oxygen atoms in total. The maximum absolute atomic E-state index is 12.6. The Balaban J connectivity index is 1.70. The predicted octanol–water partition coefficient (Wildman–Crippen LogP) is 2.35. The minimum Gasteiger partial charge on any atom is -0.495 e. The summed E-state index contributed by atoms with van der Waals surface area (Å²) in [5.41, 5.74) is -0.925. The van der Waals surface area contributed by atoms with E-state index in [0.717, 1.165) is 4.90 Å². The van der Waals surface area contributed by atoms with E-state index in [-0.39, 0.29) is 0 Å². The minimum atomic E-state index is -1.34. The molecular weight excluding hydrogens is 362 g/mol. The fourth-order valence-corrected chi connectivity index (χ4v) is 2.92. The van der Waals surface area contributed by atoms with E-state index in [1.54, 1.807) is 24.3 Å². The van der Waals surface area contributed by atoms with Crippen LogP contribution in [0, 0.1) is 0 Å². The lowest BCUT2D eigenvalue weighted by molar-refractivity contribution is -0.134. The molecule has 1 saturated heterocycles. The second-order valence-corrected chi connectivity index (χ2v) is 6.23. The zero-order chi connectivity index (χ0) is 18.9. The van der Waals surface area contributed by atoms with Gasteiger partial charge in [-0.15, -0.1) is 0 Å². The number of ether oxygens (including phenoxy) is 1. The summed E-state index contributed by atoms with van der Waals surface area (Å²) in [6.45, 7) is 1.08. The summed E-state index contributed by atoms with van der Waals surface area (Å²) in [5, 5.41) is 5.46. The zero-order valence-electron chi connectivity index (χ0n) is 14.0. The van der Waals surface area contributed by atoms with Crippen LogP contribution in [0.3, 0.4) is 0 Å².